The zero-order chi connectivity index (χ0) is 20.9. The van der Waals surface area contributed by atoms with Gasteiger partial charge in [0.15, 0.2) is 0 Å². The minimum absolute atomic E-state index is 0.138. The van der Waals surface area contributed by atoms with Gasteiger partial charge in [0.25, 0.3) is 0 Å². The Kier molecular flexibility index (Phi) is 7.67. The van der Waals surface area contributed by atoms with Crippen LogP contribution >= 0.6 is 0 Å². The molecule has 2 aliphatic rings. The fourth-order valence-corrected chi connectivity index (χ4v) is 3.64. The summed E-state index contributed by atoms with van der Waals surface area (Å²) in [6.45, 7) is 14.4. The van der Waals surface area contributed by atoms with Crippen LogP contribution in [0.2, 0.25) is 0 Å². The lowest BCUT2D eigenvalue weighted by Gasteiger charge is -2.30. The summed E-state index contributed by atoms with van der Waals surface area (Å²) >= 11 is 0. The van der Waals surface area contributed by atoms with E-state index < -0.39 is 11.8 Å². The summed E-state index contributed by atoms with van der Waals surface area (Å²) in [5, 5.41) is 0. The third-order valence-corrected chi connectivity index (χ3v) is 5.01. The highest BCUT2D eigenvalue weighted by molar-refractivity contribution is 5.68. The molecule has 0 aliphatic carbocycles. The summed E-state index contributed by atoms with van der Waals surface area (Å²) in [4.78, 5) is 21.3. The summed E-state index contributed by atoms with van der Waals surface area (Å²) in [5.74, 6) is 1.06. The molecule has 1 aromatic heterocycles. The monoisotopic (exact) mass is 393 g/mol. The topological polar surface area (TPSA) is 45.7 Å². The number of rotatable bonds is 1. The zero-order valence-corrected chi connectivity index (χ0v) is 18.3. The molecule has 1 atom stereocenters. The summed E-state index contributed by atoms with van der Waals surface area (Å²) < 4.78 is 18.9. The van der Waals surface area contributed by atoms with Crippen LogP contribution in [-0.2, 0) is 11.2 Å². The Labute approximate surface area is 169 Å². The van der Waals surface area contributed by atoms with E-state index in [1.165, 1.54) is 5.56 Å². The number of ether oxygens (including phenoxy) is 1. The largest absolute Gasteiger partial charge is 0.444 e. The molecular formula is C22H36FN3O2. The molecular weight excluding hydrogens is 357 g/mol. The predicted octanol–water partition coefficient (Wildman–Crippen LogP) is 4.94. The van der Waals surface area contributed by atoms with Gasteiger partial charge in [-0.15, -0.1) is 0 Å². The predicted molar refractivity (Wildman–Crippen MR) is 112 cm³/mol. The minimum atomic E-state index is -0.687. The van der Waals surface area contributed by atoms with Gasteiger partial charge in [0.1, 0.15) is 17.6 Å². The standard InChI is InChI=1S/C20H30FN3O2.C2H6/c1-14-13-24(19(25)26-20(2,3)4)10-7-15-5-6-17(22-18(14)15)23-11-8-16(21)9-12-23;1-2/h5-6,14,16H,7-13H2,1-4H3;1-2H3/t14-;/m0./s1. The normalized spacial score (nSPS) is 20.6. The number of pyridine rings is 1. The Hall–Kier alpha value is -1.85. The number of alkyl halides is 1. The SMILES string of the molecule is CC.C[C@H]1CN(C(=O)OC(C)(C)C)CCc2ccc(N3CCC(F)CC3)nc21. The fraction of sp³-hybridized carbons (Fsp3) is 0.727. The number of halogens is 1. The van der Waals surface area contributed by atoms with Crippen LogP contribution in [0.3, 0.4) is 0 Å². The first-order valence-corrected chi connectivity index (χ1v) is 10.6. The second-order valence-electron chi connectivity index (χ2n) is 8.45. The Balaban J connectivity index is 0.00000136. The Morgan fingerprint density at radius 1 is 1.18 bits per heavy atom. The van der Waals surface area contributed by atoms with E-state index in [1.807, 2.05) is 40.7 Å². The van der Waals surface area contributed by atoms with E-state index in [9.17, 15) is 9.18 Å². The summed E-state index contributed by atoms with van der Waals surface area (Å²) in [6.07, 6.45) is 0.969. The first-order chi connectivity index (χ1) is 13.2. The Morgan fingerprint density at radius 2 is 1.82 bits per heavy atom. The lowest BCUT2D eigenvalue weighted by Crippen LogP contribution is -2.38. The van der Waals surface area contributed by atoms with Crippen LogP contribution in [0.1, 0.15) is 71.6 Å². The number of hydrogen-bond acceptors (Lipinski definition) is 4. The van der Waals surface area contributed by atoms with Crippen molar-refractivity contribution in [3.63, 3.8) is 0 Å². The van der Waals surface area contributed by atoms with E-state index in [4.69, 9.17) is 9.72 Å². The van der Waals surface area contributed by atoms with E-state index in [2.05, 4.69) is 17.9 Å². The number of piperidine rings is 1. The highest BCUT2D eigenvalue weighted by Gasteiger charge is 2.28. The van der Waals surface area contributed by atoms with Crippen LogP contribution in [0, 0.1) is 0 Å². The first kappa shape index (κ1) is 22.4. The first-order valence-electron chi connectivity index (χ1n) is 10.6. The maximum atomic E-state index is 13.4. The molecule has 0 saturated carbocycles. The number of fused-ring (bicyclic) bond motifs is 1. The van der Waals surface area contributed by atoms with Crippen LogP contribution < -0.4 is 4.90 Å². The van der Waals surface area contributed by atoms with Crippen molar-refractivity contribution < 1.29 is 13.9 Å². The van der Waals surface area contributed by atoms with Crippen molar-refractivity contribution in [2.24, 2.45) is 0 Å². The number of anilines is 1. The maximum Gasteiger partial charge on any atom is 0.410 e. The Bertz CT molecular complexity index is 652. The molecule has 0 N–H and O–H groups in total. The van der Waals surface area contributed by atoms with E-state index in [-0.39, 0.29) is 12.0 Å². The highest BCUT2D eigenvalue weighted by atomic mass is 19.1. The van der Waals surface area contributed by atoms with E-state index >= 15 is 0 Å². The molecule has 2 aliphatic heterocycles. The van der Waals surface area contributed by atoms with Gasteiger partial charge in [-0.2, -0.15) is 0 Å². The molecule has 0 aromatic carbocycles. The molecule has 0 spiro atoms. The number of carbonyl (C=O) groups is 1. The number of carbonyl (C=O) groups excluding carboxylic acids is 1. The molecule has 1 aromatic rings. The van der Waals surface area contributed by atoms with Gasteiger partial charge >= 0.3 is 6.09 Å². The zero-order valence-electron chi connectivity index (χ0n) is 18.3. The molecule has 1 saturated heterocycles. The van der Waals surface area contributed by atoms with Gasteiger partial charge in [0.2, 0.25) is 0 Å². The quantitative estimate of drug-likeness (QED) is 0.678. The van der Waals surface area contributed by atoms with Crippen molar-refractivity contribution in [2.45, 2.75) is 78.5 Å². The van der Waals surface area contributed by atoms with Gasteiger partial charge in [0.05, 0.1) is 5.69 Å². The Morgan fingerprint density at radius 3 is 2.43 bits per heavy atom. The lowest BCUT2D eigenvalue weighted by molar-refractivity contribution is 0.0248. The van der Waals surface area contributed by atoms with Crippen LogP contribution in [0.5, 0.6) is 0 Å². The van der Waals surface area contributed by atoms with Crippen molar-refractivity contribution in [3.05, 3.63) is 23.4 Å². The molecule has 0 radical (unpaired) electrons. The molecule has 158 valence electrons. The molecule has 3 heterocycles. The fourth-order valence-electron chi connectivity index (χ4n) is 3.64. The van der Waals surface area contributed by atoms with Gasteiger partial charge in [-0.1, -0.05) is 26.8 Å². The molecule has 0 bridgehead atoms. The third kappa shape index (κ3) is 5.82. The summed E-state index contributed by atoms with van der Waals surface area (Å²) in [6, 6.07) is 4.15. The van der Waals surface area contributed by atoms with Gasteiger partial charge in [0, 0.05) is 32.1 Å². The van der Waals surface area contributed by atoms with Crippen LogP contribution in [0.15, 0.2) is 12.1 Å². The highest BCUT2D eigenvalue weighted by Crippen LogP contribution is 2.28. The second kappa shape index (κ2) is 9.57. The molecule has 28 heavy (non-hydrogen) atoms. The summed E-state index contributed by atoms with van der Waals surface area (Å²) in [7, 11) is 0. The van der Waals surface area contributed by atoms with E-state index in [0.717, 1.165) is 17.9 Å². The molecule has 3 rings (SSSR count). The second-order valence-corrected chi connectivity index (χ2v) is 8.45. The average Bonchev–Trinajstić information content (AvgIpc) is 2.82. The maximum absolute atomic E-state index is 13.4. The van der Waals surface area contributed by atoms with Crippen molar-refractivity contribution in [2.75, 3.05) is 31.1 Å². The molecule has 5 nitrogen and oxygen atoms in total. The lowest BCUT2D eigenvalue weighted by atomic mass is 10.0. The molecule has 6 heteroatoms. The third-order valence-electron chi connectivity index (χ3n) is 5.01. The van der Waals surface area contributed by atoms with Crippen LogP contribution in [-0.4, -0.2) is 53.9 Å². The van der Waals surface area contributed by atoms with Crippen molar-refractivity contribution in [1.29, 1.82) is 0 Å². The van der Waals surface area contributed by atoms with E-state index in [0.29, 0.717) is 39.0 Å². The number of nitrogens with zero attached hydrogens (tertiary/aromatic N) is 3. The minimum Gasteiger partial charge on any atom is -0.444 e. The summed E-state index contributed by atoms with van der Waals surface area (Å²) in [5.41, 5.74) is 1.75. The molecule has 1 fully saturated rings. The van der Waals surface area contributed by atoms with Crippen molar-refractivity contribution >= 4 is 11.9 Å². The molecule has 1 amide bonds. The van der Waals surface area contributed by atoms with Crippen molar-refractivity contribution in [3.8, 4) is 0 Å². The van der Waals surface area contributed by atoms with Crippen LogP contribution in [0.25, 0.3) is 0 Å². The van der Waals surface area contributed by atoms with Gasteiger partial charge in [-0.25, -0.2) is 14.2 Å². The van der Waals surface area contributed by atoms with Gasteiger partial charge in [-0.05, 0) is 51.7 Å². The number of aromatic nitrogens is 1. The number of hydrogen-bond donors (Lipinski definition) is 0. The van der Waals surface area contributed by atoms with Gasteiger partial charge in [-0.3, -0.25) is 0 Å². The smallest absolute Gasteiger partial charge is 0.410 e. The van der Waals surface area contributed by atoms with Gasteiger partial charge < -0.3 is 14.5 Å². The van der Waals surface area contributed by atoms with Crippen molar-refractivity contribution in [1.82, 2.24) is 9.88 Å². The molecule has 0 unspecified atom stereocenters. The number of amides is 1. The average molecular weight is 394 g/mol. The van der Waals surface area contributed by atoms with Crippen LogP contribution in [0.4, 0.5) is 15.0 Å². The van der Waals surface area contributed by atoms with E-state index in [1.54, 1.807) is 4.90 Å².